The van der Waals surface area contributed by atoms with Crippen molar-refractivity contribution in [2.24, 2.45) is 5.41 Å². The van der Waals surface area contributed by atoms with Gasteiger partial charge in [0.2, 0.25) is 0 Å². The molecule has 2 nitrogen and oxygen atoms in total. The van der Waals surface area contributed by atoms with Crippen LogP contribution in [0.4, 0.5) is 0 Å². The Labute approximate surface area is 82.1 Å². The van der Waals surface area contributed by atoms with Crippen LogP contribution in [-0.2, 0) is 4.65 Å². The van der Waals surface area contributed by atoms with Gasteiger partial charge in [0.05, 0.1) is 0 Å². The Balaban J connectivity index is 3.57. The highest BCUT2D eigenvalue weighted by atomic mass is 16.5. The van der Waals surface area contributed by atoms with Crippen LogP contribution >= 0.6 is 0 Å². The van der Waals surface area contributed by atoms with Gasteiger partial charge < -0.3 is 9.68 Å². The van der Waals surface area contributed by atoms with E-state index in [1.54, 1.807) is 5.98 Å². The molecule has 0 saturated carbocycles. The molecule has 0 bridgehead atoms. The third kappa shape index (κ3) is 9.64. The zero-order valence-electron chi connectivity index (χ0n) is 9.21. The van der Waals surface area contributed by atoms with Crippen molar-refractivity contribution in [3.05, 3.63) is 12.1 Å². The van der Waals surface area contributed by atoms with Crippen molar-refractivity contribution in [1.82, 2.24) is 0 Å². The molecule has 0 aliphatic heterocycles. The standard InChI is InChI=1S/C10H21BO2/c1-5-6-7-8-11(12)13-9-10(2,3)4/h7-8,12H,5-6,9H2,1-4H3/b8-7+. The smallest absolute Gasteiger partial charge is 0.423 e. The van der Waals surface area contributed by atoms with Crippen LogP contribution in [0.5, 0.6) is 0 Å². The quantitative estimate of drug-likeness (QED) is 0.665. The van der Waals surface area contributed by atoms with Crippen molar-refractivity contribution in [3.63, 3.8) is 0 Å². The molecule has 1 N–H and O–H groups in total. The molecule has 3 heteroatoms. The van der Waals surface area contributed by atoms with Gasteiger partial charge in [-0.15, -0.1) is 0 Å². The predicted octanol–water partition coefficient (Wildman–Crippen LogP) is 2.43. The van der Waals surface area contributed by atoms with Crippen molar-refractivity contribution in [2.45, 2.75) is 40.5 Å². The number of hydrogen-bond donors (Lipinski definition) is 1. The van der Waals surface area contributed by atoms with Crippen molar-refractivity contribution >= 4 is 7.12 Å². The fourth-order valence-electron chi connectivity index (χ4n) is 0.770. The average molecular weight is 184 g/mol. The molecule has 0 spiro atoms. The fraction of sp³-hybridized carbons (Fsp3) is 0.800. The second-order valence-corrected chi connectivity index (χ2v) is 4.48. The fourth-order valence-corrected chi connectivity index (χ4v) is 0.770. The van der Waals surface area contributed by atoms with Crippen LogP contribution in [0, 0.1) is 5.41 Å². The molecule has 0 amide bonds. The Morgan fingerprint density at radius 2 is 2.00 bits per heavy atom. The summed E-state index contributed by atoms with van der Waals surface area (Å²) in [5.74, 6) is 1.70. The summed E-state index contributed by atoms with van der Waals surface area (Å²) in [6.07, 6.45) is 4.05. The van der Waals surface area contributed by atoms with Crippen LogP contribution in [0.15, 0.2) is 12.1 Å². The summed E-state index contributed by atoms with van der Waals surface area (Å²) in [6.45, 7) is 8.91. The number of unbranched alkanes of at least 4 members (excludes halogenated alkanes) is 1. The molecule has 0 aliphatic rings. The first kappa shape index (κ1) is 12.7. The minimum absolute atomic E-state index is 0.111. The highest BCUT2D eigenvalue weighted by Gasteiger charge is 2.15. The van der Waals surface area contributed by atoms with Crippen LogP contribution < -0.4 is 0 Å². The first-order chi connectivity index (χ1) is 5.95. The van der Waals surface area contributed by atoms with Crippen LogP contribution in [0.2, 0.25) is 0 Å². The Bertz CT molecular complexity index is 149. The molecule has 13 heavy (non-hydrogen) atoms. The zero-order valence-corrected chi connectivity index (χ0v) is 9.21. The highest BCUT2D eigenvalue weighted by Crippen LogP contribution is 2.13. The van der Waals surface area contributed by atoms with E-state index in [4.69, 9.17) is 4.65 Å². The Morgan fingerprint density at radius 3 is 2.46 bits per heavy atom. The molecular formula is C10H21BO2. The Hall–Kier alpha value is -0.275. The summed E-state index contributed by atoms with van der Waals surface area (Å²) in [5.41, 5.74) is 0.111. The van der Waals surface area contributed by atoms with Gasteiger partial charge in [0.25, 0.3) is 0 Å². The van der Waals surface area contributed by atoms with Crippen LogP contribution in [-0.4, -0.2) is 18.7 Å². The van der Waals surface area contributed by atoms with Crippen molar-refractivity contribution < 1.29 is 9.68 Å². The lowest BCUT2D eigenvalue weighted by atomic mass is 9.88. The van der Waals surface area contributed by atoms with E-state index < -0.39 is 7.12 Å². The zero-order chi connectivity index (χ0) is 10.3. The maximum Gasteiger partial charge on any atom is 0.483 e. The van der Waals surface area contributed by atoms with Crippen molar-refractivity contribution in [3.8, 4) is 0 Å². The van der Waals surface area contributed by atoms with E-state index in [0.717, 1.165) is 12.8 Å². The minimum Gasteiger partial charge on any atom is -0.423 e. The van der Waals surface area contributed by atoms with Gasteiger partial charge in [-0.05, 0) is 11.8 Å². The molecule has 0 heterocycles. The van der Waals surface area contributed by atoms with Gasteiger partial charge in [-0.2, -0.15) is 0 Å². The molecule has 0 aliphatic carbocycles. The number of rotatable bonds is 5. The third-order valence-corrected chi connectivity index (χ3v) is 1.44. The van der Waals surface area contributed by atoms with Crippen LogP contribution in [0.25, 0.3) is 0 Å². The molecule has 0 aromatic carbocycles. The topological polar surface area (TPSA) is 29.5 Å². The molecule has 0 saturated heterocycles. The lowest BCUT2D eigenvalue weighted by molar-refractivity contribution is 0.173. The van der Waals surface area contributed by atoms with E-state index >= 15 is 0 Å². The van der Waals surface area contributed by atoms with E-state index in [0.29, 0.717) is 6.61 Å². The van der Waals surface area contributed by atoms with Crippen molar-refractivity contribution in [1.29, 1.82) is 0 Å². The second kappa shape index (κ2) is 6.22. The summed E-state index contributed by atoms with van der Waals surface area (Å²) >= 11 is 0. The maximum atomic E-state index is 9.33. The summed E-state index contributed by atoms with van der Waals surface area (Å²) in [4.78, 5) is 0. The predicted molar refractivity (Wildman–Crippen MR) is 57.4 cm³/mol. The maximum absolute atomic E-state index is 9.33. The van der Waals surface area contributed by atoms with Crippen LogP contribution in [0.1, 0.15) is 40.5 Å². The van der Waals surface area contributed by atoms with E-state index in [1.165, 1.54) is 0 Å². The van der Waals surface area contributed by atoms with E-state index in [1.807, 2.05) is 6.08 Å². The normalized spacial score (nSPS) is 12.4. The first-order valence-electron chi connectivity index (χ1n) is 4.92. The van der Waals surface area contributed by atoms with E-state index in [9.17, 15) is 5.02 Å². The molecule has 76 valence electrons. The molecule has 0 radical (unpaired) electrons. The van der Waals surface area contributed by atoms with Gasteiger partial charge in [0.1, 0.15) is 0 Å². The van der Waals surface area contributed by atoms with Gasteiger partial charge in [0, 0.05) is 6.61 Å². The Kier molecular flexibility index (Phi) is 6.09. The van der Waals surface area contributed by atoms with Gasteiger partial charge >= 0.3 is 7.12 Å². The third-order valence-electron chi connectivity index (χ3n) is 1.44. The minimum atomic E-state index is -0.745. The molecule has 0 unspecified atom stereocenters. The monoisotopic (exact) mass is 184 g/mol. The lowest BCUT2D eigenvalue weighted by Crippen LogP contribution is -2.23. The summed E-state index contributed by atoms with van der Waals surface area (Å²) in [7, 11) is -0.745. The van der Waals surface area contributed by atoms with Crippen molar-refractivity contribution in [2.75, 3.05) is 6.61 Å². The average Bonchev–Trinajstić information content (AvgIpc) is 2.00. The molecule has 0 atom stereocenters. The summed E-state index contributed by atoms with van der Waals surface area (Å²) in [5, 5.41) is 9.33. The molecule has 0 rings (SSSR count). The molecule has 0 aromatic rings. The lowest BCUT2D eigenvalue weighted by Gasteiger charge is -2.18. The van der Waals surface area contributed by atoms with Gasteiger partial charge in [-0.3, -0.25) is 0 Å². The SMILES string of the molecule is CCC/C=C/B(O)OCC(C)(C)C. The largest absolute Gasteiger partial charge is 0.483 e. The van der Waals surface area contributed by atoms with E-state index in [2.05, 4.69) is 27.7 Å². The van der Waals surface area contributed by atoms with Crippen LogP contribution in [0.3, 0.4) is 0 Å². The molecule has 0 aromatic heterocycles. The first-order valence-corrected chi connectivity index (χ1v) is 4.92. The Morgan fingerprint density at radius 1 is 1.38 bits per heavy atom. The van der Waals surface area contributed by atoms with E-state index in [-0.39, 0.29) is 5.41 Å². The number of allylic oxidation sites excluding steroid dienone is 1. The number of hydrogen-bond acceptors (Lipinski definition) is 2. The van der Waals surface area contributed by atoms with Gasteiger partial charge in [-0.25, -0.2) is 0 Å². The highest BCUT2D eigenvalue weighted by molar-refractivity contribution is 6.49. The van der Waals surface area contributed by atoms with Gasteiger partial charge in [-0.1, -0.05) is 46.2 Å². The van der Waals surface area contributed by atoms with Gasteiger partial charge in [0.15, 0.2) is 0 Å². The second-order valence-electron chi connectivity index (χ2n) is 4.48. The molecule has 0 fully saturated rings. The summed E-state index contributed by atoms with van der Waals surface area (Å²) < 4.78 is 5.22. The summed E-state index contributed by atoms with van der Waals surface area (Å²) in [6, 6.07) is 0. The molecular weight excluding hydrogens is 163 g/mol.